The summed E-state index contributed by atoms with van der Waals surface area (Å²) in [6.45, 7) is 4.05. The van der Waals surface area contributed by atoms with Crippen molar-refractivity contribution in [1.82, 2.24) is 71.3 Å². The number of aromatic carboxylic acids is 1. The van der Waals surface area contributed by atoms with Gasteiger partial charge >= 0.3 is 24.5 Å². The number of carbonyl (C=O) groups excluding carboxylic acids is 3. The van der Waals surface area contributed by atoms with E-state index in [0.717, 1.165) is 79.1 Å². The van der Waals surface area contributed by atoms with Crippen molar-refractivity contribution < 1.29 is 104 Å². The molecule has 42 heteroatoms. The van der Waals surface area contributed by atoms with Gasteiger partial charge in [0.2, 0.25) is 11.8 Å². The number of rotatable bonds is 12. The van der Waals surface area contributed by atoms with Crippen LogP contribution < -0.4 is 22.1 Å². The highest BCUT2D eigenvalue weighted by molar-refractivity contribution is 7.14. The molecule has 6 aromatic carbocycles. The SMILES string of the molecule is CC(=O)NN.CC(=O)NNC(=O)c1c(-c2c(F)cccc2Cl)noc1-c1cnn(-c2ccccc2F)c1C(F)(F)F.Cc1nnc(-c2c(-c3c(F)cccc3Cl)noc2-c2cnn(-c3ccccc3F)c2C(F)(F)F)s1.O=C(O)c1c(-c2c(F)cccc2Cl)noc1-c1cnn(-c2ccccc2F)c1C(F)(F)F. The first-order valence-corrected chi connectivity index (χ1v) is 31.6. The van der Waals surface area contributed by atoms with Gasteiger partial charge in [-0.1, -0.05) is 116 Å². The maximum absolute atomic E-state index is 14.8. The number of carboxylic acid groups (broad SMARTS) is 1. The standard InChI is InChI=1S/C22H13ClF5N5O3.C22H11ClF5N5OS.C20H9ClF5N3O3.C2H6N2O/c1-10(34)30-31-21(35)17-18(16-12(23)5-4-7-14(16)25)32-36-19(17)11-9-29-33(20(11)22(26,27)28)15-8-3-2-6-13(15)24;1-10-30-31-21(35-10)17-18(16-12(23)5-4-7-14(16)25)32-34-19(17)11-9-29-33(20(11)22(26,27)28)15-8-3-2-6-13(15)24;21-10-4-3-6-12(23)14(10)16-15(19(30)31)17(32-28-16)9-8-27-29(18(9)20(24,25)26)13-7-2-1-5-11(13)22;1-2(5)4-3/h2-9H,1H3,(H,30,34)(H,31,35);2-9H,1H3;1-8H,(H,30,31);3H2,1H3,(H,4,5). The number of alkyl halides is 9. The number of carboxylic acids is 1. The molecule has 0 saturated carbocycles. The number of hydrogen-bond acceptors (Lipinski definition) is 17. The quantitative estimate of drug-likeness (QED) is 0.0328. The van der Waals surface area contributed by atoms with E-state index in [4.69, 9.17) is 48.4 Å². The van der Waals surface area contributed by atoms with Gasteiger partial charge in [-0.3, -0.25) is 30.7 Å². The van der Waals surface area contributed by atoms with E-state index in [1.807, 2.05) is 16.3 Å². The van der Waals surface area contributed by atoms with E-state index < -0.39 is 173 Å². The largest absolute Gasteiger partial charge is 0.477 e. The minimum Gasteiger partial charge on any atom is -0.477 e. The predicted octanol–water partition coefficient (Wildman–Crippen LogP) is 16.7. The summed E-state index contributed by atoms with van der Waals surface area (Å²) in [6.07, 6.45) is -13.0. The molecule has 0 aliphatic carbocycles. The molecule has 0 aliphatic rings. The summed E-state index contributed by atoms with van der Waals surface area (Å²) in [5.41, 5.74) is -6.12. The van der Waals surface area contributed by atoms with Crippen LogP contribution in [0.4, 0.5) is 65.9 Å². The van der Waals surface area contributed by atoms with Crippen molar-refractivity contribution in [1.29, 1.82) is 0 Å². The van der Waals surface area contributed by atoms with E-state index in [-0.39, 0.29) is 47.5 Å². The molecule has 0 aliphatic heterocycles. The number of nitrogens with zero attached hydrogens (tertiary/aromatic N) is 11. The van der Waals surface area contributed by atoms with Crippen molar-refractivity contribution in [2.45, 2.75) is 39.3 Å². The zero-order valence-corrected chi connectivity index (χ0v) is 57.0. The number of aromatic nitrogens is 11. The summed E-state index contributed by atoms with van der Waals surface area (Å²) >= 11 is 19.3. The number of hydrogen-bond donors (Lipinski definition) is 5. The van der Waals surface area contributed by atoms with Gasteiger partial charge < -0.3 is 18.7 Å². The zero-order valence-electron chi connectivity index (χ0n) is 53.9. The van der Waals surface area contributed by atoms with Crippen LogP contribution in [0.15, 0.2) is 160 Å². The van der Waals surface area contributed by atoms with E-state index in [1.165, 1.54) is 79.7 Å². The Morgan fingerprint density at radius 2 is 0.787 bits per heavy atom. The molecule has 0 saturated heterocycles. The summed E-state index contributed by atoms with van der Waals surface area (Å²) < 4.78 is 230. The fourth-order valence-electron chi connectivity index (χ4n) is 10.1. The van der Waals surface area contributed by atoms with Crippen molar-refractivity contribution in [3.8, 4) is 95.4 Å². The predicted molar refractivity (Wildman–Crippen MR) is 353 cm³/mol. The molecule has 108 heavy (non-hydrogen) atoms. The molecule has 0 fully saturated rings. The van der Waals surface area contributed by atoms with Gasteiger partial charge in [0, 0.05) is 13.8 Å². The number of nitrogens with one attached hydrogen (secondary N) is 3. The van der Waals surface area contributed by atoms with Crippen molar-refractivity contribution >= 4 is 69.8 Å². The lowest BCUT2D eigenvalue weighted by atomic mass is 10.0. The Balaban J connectivity index is 0.000000168. The third-order valence-electron chi connectivity index (χ3n) is 14.5. The second-order valence-corrected chi connectivity index (χ2v) is 24.0. The first-order chi connectivity index (χ1) is 51.0. The maximum atomic E-state index is 14.8. The third kappa shape index (κ3) is 16.3. The summed E-state index contributed by atoms with van der Waals surface area (Å²) in [5, 5.41) is 39.6. The number of para-hydroxylation sites is 3. The smallest absolute Gasteiger partial charge is 0.434 e. The lowest BCUT2D eigenvalue weighted by molar-refractivity contribution is -0.143. The van der Waals surface area contributed by atoms with E-state index in [0.29, 0.717) is 26.8 Å². The van der Waals surface area contributed by atoms with Crippen molar-refractivity contribution in [2.75, 3.05) is 0 Å². The van der Waals surface area contributed by atoms with Gasteiger partial charge in [0.1, 0.15) is 85.2 Å². The number of nitrogens with two attached hydrogens (primary N) is 1. The first kappa shape index (κ1) is 78.4. The van der Waals surface area contributed by atoms with E-state index in [9.17, 15) is 90.1 Å². The molecule has 7 aromatic heterocycles. The molecule has 0 radical (unpaired) electrons. The molecular weight excluding hydrogens is 1550 g/mol. The Labute approximate surface area is 611 Å². The molecular formula is C66H39Cl3F15N15O8S. The van der Waals surface area contributed by atoms with Gasteiger partial charge in [-0.05, 0) is 79.7 Å². The minimum atomic E-state index is -5.12. The molecule has 23 nitrogen and oxygen atoms in total. The Kier molecular flexibility index (Phi) is 23.1. The van der Waals surface area contributed by atoms with Crippen LogP contribution >= 0.6 is 46.1 Å². The average molecular weight is 1590 g/mol. The lowest BCUT2D eigenvalue weighted by Crippen LogP contribution is -2.40. The molecule has 0 atom stereocenters. The fourth-order valence-corrected chi connectivity index (χ4v) is 11.6. The van der Waals surface area contributed by atoms with Crippen molar-refractivity contribution in [2.24, 2.45) is 5.84 Å². The minimum absolute atomic E-state index is 0.0366. The molecule has 0 bridgehead atoms. The van der Waals surface area contributed by atoms with Crippen LogP contribution in [-0.4, -0.2) is 83.8 Å². The molecule has 0 spiro atoms. The molecule has 6 N–H and O–H groups in total. The van der Waals surface area contributed by atoms with Crippen LogP contribution in [0.3, 0.4) is 0 Å². The number of aryl methyl sites for hydroxylation is 1. The van der Waals surface area contributed by atoms with Crippen LogP contribution in [0.1, 0.15) is 56.7 Å². The van der Waals surface area contributed by atoms with Crippen LogP contribution in [0.5, 0.6) is 0 Å². The second kappa shape index (κ2) is 31.9. The van der Waals surface area contributed by atoms with Crippen molar-refractivity contribution in [3.63, 3.8) is 0 Å². The Morgan fingerprint density at radius 1 is 0.454 bits per heavy atom. The highest BCUT2D eigenvalue weighted by Crippen LogP contribution is 2.49. The molecule has 3 amide bonds. The molecule has 13 rings (SSSR count). The number of benzene rings is 6. The first-order valence-electron chi connectivity index (χ1n) is 29.7. The second-order valence-electron chi connectivity index (χ2n) is 21.6. The van der Waals surface area contributed by atoms with Crippen LogP contribution in [0.25, 0.3) is 95.4 Å². The van der Waals surface area contributed by atoms with Crippen LogP contribution in [0.2, 0.25) is 15.1 Å². The molecule has 558 valence electrons. The molecule has 0 unspecified atom stereocenters. The number of hydrazine groups is 2. The molecule has 13 aromatic rings. The topological polar surface area (TPSA) is 308 Å². The van der Waals surface area contributed by atoms with Gasteiger partial charge in [-0.15, -0.1) is 10.2 Å². The normalized spacial score (nSPS) is 11.4. The highest BCUT2D eigenvalue weighted by Gasteiger charge is 2.46. The molecule has 7 heterocycles. The average Bonchev–Trinajstić information content (AvgIpc) is 1.60. The van der Waals surface area contributed by atoms with Gasteiger partial charge in [0.05, 0.1) is 72.6 Å². The summed E-state index contributed by atoms with van der Waals surface area (Å²) in [4.78, 5) is 45.7. The number of halogens is 18. The summed E-state index contributed by atoms with van der Waals surface area (Å²) in [5.74, 6) is -6.91. The van der Waals surface area contributed by atoms with Gasteiger partial charge in [-0.25, -0.2) is 51.0 Å². The number of carbonyl (C=O) groups is 4. The Hall–Kier alpha value is -12.2. The van der Waals surface area contributed by atoms with Crippen LogP contribution in [0, 0.1) is 41.8 Å². The Bertz CT molecular complexity index is 5520. The van der Waals surface area contributed by atoms with Crippen LogP contribution in [-0.2, 0) is 28.1 Å². The Morgan fingerprint density at radius 3 is 1.12 bits per heavy atom. The summed E-state index contributed by atoms with van der Waals surface area (Å²) in [7, 11) is 0. The highest BCUT2D eigenvalue weighted by atomic mass is 35.5. The van der Waals surface area contributed by atoms with Gasteiger partial charge in [0.15, 0.2) is 39.4 Å². The van der Waals surface area contributed by atoms with E-state index >= 15 is 0 Å². The van der Waals surface area contributed by atoms with Crippen molar-refractivity contribution in [3.05, 3.63) is 229 Å². The van der Waals surface area contributed by atoms with E-state index in [2.05, 4.69) is 46.8 Å². The monoisotopic (exact) mass is 1590 g/mol. The van der Waals surface area contributed by atoms with Gasteiger partial charge in [-0.2, -0.15) is 54.8 Å². The lowest BCUT2D eigenvalue weighted by Gasteiger charge is -2.13. The van der Waals surface area contributed by atoms with E-state index in [1.54, 1.807) is 6.92 Å². The summed E-state index contributed by atoms with van der Waals surface area (Å²) in [6, 6.07) is 24.9. The third-order valence-corrected chi connectivity index (χ3v) is 16.3. The van der Waals surface area contributed by atoms with Gasteiger partial charge in [0.25, 0.3) is 5.91 Å². The number of amides is 3. The zero-order chi connectivity index (χ0) is 78.6. The fraction of sp³-hybridized carbons (Fsp3) is 0.0909. The maximum Gasteiger partial charge on any atom is 0.434 e.